The lowest BCUT2D eigenvalue weighted by atomic mass is 10.0. The molecular weight excluding hydrogens is 393 g/mol. The van der Waals surface area contributed by atoms with Gasteiger partial charge in [-0.3, -0.25) is 9.78 Å². The van der Waals surface area contributed by atoms with Crippen LogP contribution in [0.1, 0.15) is 37.4 Å². The first-order valence-electron chi connectivity index (χ1n) is 10.7. The summed E-state index contributed by atoms with van der Waals surface area (Å²) in [6, 6.07) is 7.95. The van der Waals surface area contributed by atoms with Crippen molar-refractivity contribution in [3.63, 3.8) is 0 Å². The molecular formula is C24H24FN5O. The third-order valence-corrected chi connectivity index (χ3v) is 5.90. The number of fused-ring (bicyclic) bond motifs is 3. The number of carbonyl (C=O) groups is 1. The van der Waals surface area contributed by atoms with Crippen molar-refractivity contribution in [2.45, 2.75) is 45.7 Å². The molecule has 1 fully saturated rings. The SMILES string of the molecule is CCCCc1cc(C)c(-c2cc3cnc(NC(=O)C4CC4F)cc3c3ccnn23)cn1. The van der Waals surface area contributed by atoms with Crippen LogP contribution in [-0.4, -0.2) is 31.7 Å². The maximum absolute atomic E-state index is 13.2. The number of pyridine rings is 3. The number of unbranched alkanes of at least 4 members (excludes halogenated alkanes) is 1. The van der Waals surface area contributed by atoms with E-state index in [0.29, 0.717) is 12.2 Å². The van der Waals surface area contributed by atoms with Crippen LogP contribution in [0.5, 0.6) is 0 Å². The van der Waals surface area contributed by atoms with Gasteiger partial charge in [-0.25, -0.2) is 13.9 Å². The van der Waals surface area contributed by atoms with Crippen LogP contribution in [0.2, 0.25) is 0 Å². The van der Waals surface area contributed by atoms with Gasteiger partial charge in [0, 0.05) is 34.4 Å². The van der Waals surface area contributed by atoms with Crippen LogP contribution in [0.3, 0.4) is 0 Å². The highest BCUT2D eigenvalue weighted by Gasteiger charge is 2.43. The number of anilines is 1. The molecule has 31 heavy (non-hydrogen) atoms. The van der Waals surface area contributed by atoms with E-state index < -0.39 is 12.1 Å². The molecule has 0 spiro atoms. The fourth-order valence-corrected chi connectivity index (χ4v) is 4.00. The Hall–Kier alpha value is -3.35. The second-order valence-corrected chi connectivity index (χ2v) is 8.26. The van der Waals surface area contributed by atoms with E-state index in [9.17, 15) is 9.18 Å². The summed E-state index contributed by atoms with van der Waals surface area (Å²) in [5.41, 5.74) is 5.13. The zero-order chi connectivity index (χ0) is 21.5. The largest absolute Gasteiger partial charge is 0.310 e. The van der Waals surface area contributed by atoms with Gasteiger partial charge in [0.1, 0.15) is 12.0 Å². The van der Waals surface area contributed by atoms with Crippen LogP contribution < -0.4 is 5.32 Å². The molecule has 4 aromatic rings. The summed E-state index contributed by atoms with van der Waals surface area (Å²) in [5, 5.41) is 9.12. The Morgan fingerprint density at radius 1 is 1.26 bits per heavy atom. The van der Waals surface area contributed by atoms with Gasteiger partial charge in [-0.05, 0) is 56.0 Å². The topological polar surface area (TPSA) is 72.2 Å². The van der Waals surface area contributed by atoms with Crippen molar-refractivity contribution in [1.82, 2.24) is 19.6 Å². The highest BCUT2D eigenvalue weighted by Crippen LogP contribution is 2.35. The molecule has 1 N–H and O–H groups in total. The molecule has 1 amide bonds. The molecule has 0 radical (unpaired) electrons. The van der Waals surface area contributed by atoms with Crippen LogP contribution in [0.15, 0.2) is 42.9 Å². The van der Waals surface area contributed by atoms with Gasteiger partial charge in [0.25, 0.3) is 0 Å². The Kier molecular flexibility index (Phi) is 4.88. The Bertz CT molecular complexity index is 1300. The van der Waals surface area contributed by atoms with E-state index in [2.05, 4.69) is 40.3 Å². The fraction of sp³-hybridized carbons (Fsp3) is 0.333. The summed E-state index contributed by atoms with van der Waals surface area (Å²) in [6.07, 6.45) is 7.93. The third kappa shape index (κ3) is 3.65. The van der Waals surface area contributed by atoms with Crippen molar-refractivity contribution < 1.29 is 9.18 Å². The van der Waals surface area contributed by atoms with Gasteiger partial charge in [0.2, 0.25) is 5.91 Å². The molecule has 0 saturated heterocycles. The van der Waals surface area contributed by atoms with Gasteiger partial charge < -0.3 is 5.32 Å². The van der Waals surface area contributed by atoms with Gasteiger partial charge in [-0.1, -0.05) is 13.3 Å². The van der Waals surface area contributed by atoms with Crippen molar-refractivity contribution >= 4 is 28.0 Å². The number of amides is 1. The molecule has 2 atom stereocenters. The third-order valence-electron chi connectivity index (χ3n) is 5.90. The Morgan fingerprint density at radius 3 is 2.84 bits per heavy atom. The van der Waals surface area contributed by atoms with Crippen molar-refractivity contribution in [3.05, 3.63) is 54.1 Å². The number of alkyl halides is 1. The Balaban J connectivity index is 1.55. The van der Waals surface area contributed by atoms with Gasteiger partial charge in [0.05, 0.1) is 23.3 Å². The van der Waals surface area contributed by atoms with Crippen LogP contribution in [0.4, 0.5) is 10.2 Å². The molecule has 6 nitrogen and oxygen atoms in total. The summed E-state index contributed by atoms with van der Waals surface area (Å²) in [6.45, 7) is 4.28. The molecule has 1 saturated carbocycles. The smallest absolute Gasteiger partial charge is 0.231 e. The normalized spacial score (nSPS) is 17.9. The van der Waals surface area contributed by atoms with E-state index in [-0.39, 0.29) is 5.91 Å². The van der Waals surface area contributed by atoms with Gasteiger partial charge in [0.15, 0.2) is 0 Å². The van der Waals surface area contributed by atoms with Crippen molar-refractivity contribution in [2.75, 3.05) is 5.32 Å². The lowest BCUT2D eigenvalue weighted by Gasteiger charge is -2.13. The molecule has 7 heteroatoms. The zero-order valence-corrected chi connectivity index (χ0v) is 17.6. The average molecular weight is 417 g/mol. The number of aromatic nitrogens is 4. The molecule has 5 rings (SSSR count). The molecule has 0 aliphatic heterocycles. The maximum atomic E-state index is 13.2. The summed E-state index contributed by atoms with van der Waals surface area (Å²) in [5.74, 6) is -0.443. The van der Waals surface area contributed by atoms with Crippen molar-refractivity contribution in [3.8, 4) is 11.3 Å². The number of hydrogen-bond acceptors (Lipinski definition) is 4. The number of hydrogen-bond donors (Lipinski definition) is 1. The first kappa shape index (κ1) is 19.6. The molecule has 4 heterocycles. The van der Waals surface area contributed by atoms with Crippen LogP contribution in [0.25, 0.3) is 27.5 Å². The zero-order valence-electron chi connectivity index (χ0n) is 17.6. The van der Waals surface area contributed by atoms with Crippen LogP contribution in [0, 0.1) is 12.8 Å². The molecule has 1 aliphatic carbocycles. The lowest BCUT2D eigenvalue weighted by molar-refractivity contribution is -0.117. The second kappa shape index (κ2) is 7.72. The van der Waals surface area contributed by atoms with E-state index in [1.54, 1.807) is 12.4 Å². The van der Waals surface area contributed by atoms with E-state index in [4.69, 9.17) is 0 Å². The van der Waals surface area contributed by atoms with Crippen LogP contribution >= 0.6 is 0 Å². The number of nitrogens with one attached hydrogen (secondary N) is 1. The Labute approximate surface area is 179 Å². The lowest BCUT2D eigenvalue weighted by Crippen LogP contribution is -2.15. The van der Waals surface area contributed by atoms with E-state index in [1.807, 2.05) is 28.9 Å². The molecule has 0 aromatic carbocycles. The fourth-order valence-electron chi connectivity index (χ4n) is 4.00. The minimum Gasteiger partial charge on any atom is -0.310 e. The predicted molar refractivity (Wildman–Crippen MR) is 119 cm³/mol. The highest BCUT2D eigenvalue weighted by molar-refractivity contribution is 6.01. The van der Waals surface area contributed by atoms with Gasteiger partial charge in [-0.15, -0.1) is 0 Å². The van der Waals surface area contributed by atoms with E-state index in [1.165, 1.54) is 0 Å². The summed E-state index contributed by atoms with van der Waals surface area (Å²) in [4.78, 5) is 21.1. The highest BCUT2D eigenvalue weighted by atomic mass is 19.1. The molecule has 4 aromatic heterocycles. The molecule has 0 bridgehead atoms. The summed E-state index contributed by atoms with van der Waals surface area (Å²) >= 11 is 0. The first-order chi connectivity index (χ1) is 15.0. The quantitative estimate of drug-likeness (QED) is 0.485. The minimum atomic E-state index is -1.03. The van der Waals surface area contributed by atoms with Crippen molar-refractivity contribution in [1.29, 1.82) is 0 Å². The monoisotopic (exact) mass is 417 g/mol. The number of rotatable bonds is 6. The minimum absolute atomic E-state index is 0.292. The van der Waals surface area contributed by atoms with Gasteiger partial charge in [-0.2, -0.15) is 5.10 Å². The number of aryl methyl sites for hydroxylation is 2. The summed E-state index contributed by atoms with van der Waals surface area (Å²) < 4.78 is 15.1. The Morgan fingerprint density at radius 2 is 2.10 bits per heavy atom. The number of carbonyl (C=O) groups excluding carboxylic acids is 1. The van der Waals surface area contributed by atoms with Crippen molar-refractivity contribution in [2.24, 2.45) is 5.92 Å². The van der Waals surface area contributed by atoms with E-state index >= 15 is 0 Å². The molecule has 2 unspecified atom stereocenters. The standard InChI is InChI=1S/C24H24FN5O/c1-3-4-5-16-8-14(2)19(13-26-16)22-9-15-12-27-23(29-24(31)18-10-20(18)25)11-17(15)21-6-7-28-30(21)22/h6-9,11-13,18,20H,3-5,10H2,1-2H3,(H,27,29,31). The number of halogens is 1. The second-order valence-electron chi connectivity index (χ2n) is 8.26. The molecule has 1 aliphatic rings. The summed E-state index contributed by atoms with van der Waals surface area (Å²) in [7, 11) is 0. The van der Waals surface area contributed by atoms with Gasteiger partial charge >= 0.3 is 0 Å². The van der Waals surface area contributed by atoms with Crippen LogP contribution in [-0.2, 0) is 11.2 Å². The average Bonchev–Trinajstić information content (AvgIpc) is 3.29. The number of nitrogens with zero attached hydrogens (tertiary/aromatic N) is 4. The van der Waals surface area contributed by atoms with E-state index in [0.717, 1.165) is 58.1 Å². The first-order valence-corrected chi connectivity index (χ1v) is 10.7. The molecule has 158 valence electrons. The predicted octanol–water partition coefficient (Wildman–Crippen LogP) is 4.89. The maximum Gasteiger partial charge on any atom is 0.231 e.